The lowest BCUT2D eigenvalue weighted by Gasteiger charge is -2.09. The summed E-state index contributed by atoms with van der Waals surface area (Å²) >= 11 is 0. The second-order valence-corrected chi connectivity index (χ2v) is 5.40. The van der Waals surface area contributed by atoms with Crippen LogP contribution in [0.1, 0.15) is 20.8 Å². The summed E-state index contributed by atoms with van der Waals surface area (Å²) in [5.74, 6) is -0.279. The van der Waals surface area contributed by atoms with Crippen molar-refractivity contribution in [3.05, 3.63) is 48.3 Å². The highest BCUT2D eigenvalue weighted by Gasteiger charge is 2.49. The molecule has 0 radical (unpaired) electrons. The first-order chi connectivity index (χ1) is 10.2. The lowest BCUT2D eigenvalue weighted by atomic mass is 10.1. The summed E-state index contributed by atoms with van der Waals surface area (Å²) in [6, 6.07) is -0.408. The molecule has 0 saturated carbocycles. The first kappa shape index (κ1) is 20.5. The number of rotatable bonds is 5. The van der Waals surface area contributed by atoms with Gasteiger partial charge in [0.15, 0.2) is 0 Å². The van der Waals surface area contributed by atoms with E-state index in [0.29, 0.717) is 0 Å². The number of hydrogen-bond donors (Lipinski definition) is 1. The quantitative estimate of drug-likeness (QED) is 0.474. The molecule has 0 aliphatic carbocycles. The largest absolute Gasteiger partial charge is 0.534 e. The highest BCUT2D eigenvalue weighted by atomic mass is 32.2. The molecule has 0 unspecified atom stereocenters. The van der Waals surface area contributed by atoms with Crippen molar-refractivity contribution >= 4 is 10.1 Å². The van der Waals surface area contributed by atoms with Gasteiger partial charge >= 0.3 is 15.6 Å². The molecule has 4 nitrogen and oxygen atoms in total. The number of nitrogens with one attached hydrogen (secondary N) is 1. The lowest BCUT2D eigenvalue weighted by Crippen LogP contribution is -2.27. The molecule has 0 aromatic rings. The third kappa shape index (κ3) is 5.69. The van der Waals surface area contributed by atoms with Gasteiger partial charge in [0.2, 0.25) is 0 Å². The molecule has 1 aliphatic heterocycles. The Balaban J connectivity index is 0.00000211. The van der Waals surface area contributed by atoms with Crippen LogP contribution in [0.2, 0.25) is 0 Å². The van der Waals surface area contributed by atoms with Crippen LogP contribution in [0.3, 0.4) is 0 Å². The Morgan fingerprint density at radius 3 is 2.50 bits per heavy atom. The van der Waals surface area contributed by atoms with Gasteiger partial charge in [-0.25, -0.2) is 0 Å². The van der Waals surface area contributed by atoms with Crippen LogP contribution in [0, 0.1) is 0 Å². The predicted octanol–water partition coefficient (Wildman–Crippen LogP) is 3.42. The van der Waals surface area contributed by atoms with E-state index in [-0.39, 0.29) is 12.3 Å². The zero-order valence-electron chi connectivity index (χ0n) is 12.6. The van der Waals surface area contributed by atoms with E-state index in [9.17, 15) is 21.6 Å². The molecule has 0 spiro atoms. The predicted molar refractivity (Wildman–Crippen MR) is 80.4 cm³/mol. The Labute approximate surface area is 129 Å². The molecule has 0 saturated heterocycles. The number of halogens is 3. The molecule has 0 amide bonds. The summed E-state index contributed by atoms with van der Waals surface area (Å²) in [5, 5.41) is 2.84. The van der Waals surface area contributed by atoms with Gasteiger partial charge in [0.05, 0.1) is 12.6 Å². The first-order valence-corrected chi connectivity index (χ1v) is 8.02. The van der Waals surface area contributed by atoms with Crippen LogP contribution >= 0.6 is 0 Å². The molecule has 1 N–H and O–H groups in total. The monoisotopic (exact) mass is 339 g/mol. The summed E-state index contributed by atoms with van der Waals surface area (Å²) in [6.07, 6.45) is 7.97. The summed E-state index contributed by atoms with van der Waals surface area (Å²) in [5.41, 5.74) is -4.68. The Morgan fingerprint density at radius 2 is 2.05 bits per heavy atom. The molecule has 22 heavy (non-hydrogen) atoms. The average Bonchev–Trinajstić information content (AvgIpc) is 2.88. The molecule has 0 aromatic heterocycles. The van der Waals surface area contributed by atoms with Gasteiger partial charge in [-0.2, -0.15) is 21.6 Å². The third-order valence-corrected chi connectivity index (χ3v) is 3.47. The van der Waals surface area contributed by atoms with E-state index in [1.807, 2.05) is 13.8 Å². The maximum atomic E-state index is 12.2. The molecule has 126 valence electrons. The maximum Gasteiger partial charge on any atom is 0.534 e. The molecule has 1 aliphatic rings. The molecule has 0 bridgehead atoms. The van der Waals surface area contributed by atoms with Crippen molar-refractivity contribution in [2.24, 2.45) is 0 Å². The molecule has 1 atom stereocenters. The van der Waals surface area contributed by atoms with Crippen LogP contribution in [0.5, 0.6) is 0 Å². The first-order valence-electron chi connectivity index (χ1n) is 6.61. The molecule has 1 rings (SSSR count). The van der Waals surface area contributed by atoms with Crippen LogP contribution in [-0.4, -0.2) is 26.5 Å². The molecule has 0 aromatic carbocycles. The van der Waals surface area contributed by atoms with Crippen LogP contribution < -0.4 is 5.32 Å². The standard InChI is InChI=1S/C12H14F3NO3S.C2H6/c1-3-5-6-9(4-2)11-7-10(8-16-11)19-20(17,18)12(13,14)15;1-2/h3-7,11,16H,1,8H2,2H3;1-2H3/b6-5-,9-4+;/t11-;/m0./s1. The second kappa shape index (κ2) is 8.79. The van der Waals surface area contributed by atoms with E-state index in [1.54, 1.807) is 31.2 Å². The zero-order chi connectivity index (χ0) is 17.4. The van der Waals surface area contributed by atoms with Gasteiger partial charge in [-0.1, -0.05) is 44.7 Å². The summed E-state index contributed by atoms with van der Waals surface area (Å²) in [4.78, 5) is 0. The molecule has 8 heteroatoms. The minimum absolute atomic E-state index is 0.0980. The smallest absolute Gasteiger partial charge is 0.379 e. The molecular weight excluding hydrogens is 319 g/mol. The fourth-order valence-corrected chi connectivity index (χ4v) is 2.02. The van der Waals surface area contributed by atoms with Crippen molar-refractivity contribution in [1.82, 2.24) is 5.32 Å². The third-order valence-electron chi connectivity index (χ3n) is 2.47. The highest BCUT2D eigenvalue weighted by Crippen LogP contribution is 2.28. The van der Waals surface area contributed by atoms with E-state index in [4.69, 9.17) is 0 Å². The fraction of sp³-hybridized carbons (Fsp3) is 0.429. The van der Waals surface area contributed by atoms with Gasteiger partial charge in [-0.3, -0.25) is 5.32 Å². The van der Waals surface area contributed by atoms with Gasteiger partial charge in [0, 0.05) is 0 Å². The van der Waals surface area contributed by atoms with Crippen molar-refractivity contribution in [3.63, 3.8) is 0 Å². The number of hydrogen-bond acceptors (Lipinski definition) is 4. The van der Waals surface area contributed by atoms with Gasteiger partial charge < -0.3 is 4.18 Å². The van der Waals surface area contributed by atoms with Crippen LogP contribution in [0.25, 0.3) is 0 Å². The van der Waals surface area contributed by atoms with Crippen molar-refractivity contribution in [1.29, 1.82) is 0 Å². The highest BCUT2D eigenvalue weighted by molar-refractivity contribution is 7.87. The minimum atomic E-state index is -5.62. The number of alkyl halides is 3. The normalized spacial score (nSPS) is 19.5. The van der Waals surface area contributed by atoms with Crippen LogP contribution in [-0.2, 0) is 14.3 Å². The topological polar surface area (TPSA) is 55.4 Å². The molecular formula is C14H20F3NO3S. The van der Waals surface area contributed by atoms with Gasteiger partial charge in [0.1, 0.15) is 5.76 Å². The molecule has 0 fully saturated rings. The summed E-state index contributed by atoms with van der Waals surface area (Å²) in [7, 11) is -5.62. The Morgan fingerprint density at radius 1 is 1.45 bits per heavy atom. The SMILES string of the molecule is C=C/C=C\C(=C/C)[C@@H]1C=C(OS(=O)(=O)C(F)(F)F)CN1.CC. The summed E-state index contributed by atoms with van der Waals surface area (Å²) < 4.78 is 62.3. The summed E-state index contributed by atoms with van der Waals surface area (Å²) in [6.45, 7) is 9.16. The zero-order valence-corrected chi connectivity index (χ0v) is 13.5. The van der Waals surface area contributed by atoms with E-state index in [0.717, 1.165) is 5.57 Å². The molecule has 1 heterocycles. The van der Waals surface area contributed by atoms with Crippen molar-refractivity contribution in [2.75, 3.05) is 6.54 Å². The second-order valence-electron chi connectivity index (χ2n) is 3.86. The van der Waals surface area contributed by atoms with Crippen LogP contribution in [0.4, 0.5) is 13.2 Å². The van der Waals surface area contributed by atoms with Gasteiger partial charge in [0.25, 0.3) is 0 Å². The van der Waals surface area contributed by atoms with Gasteiger partial charge in [-0.15, -0.1) is 0 Å². The lowest BCUT2D eigenvalue weighted by molar-refractivity contribution is -0.0522. The van der Waals surface area contributed by atoms with Crippen LogP contribution in [0.15, 0.2) is 48.3 Å². The van der Waals surface area contributed by atoms with E-state index in [2.05, 4.69) is 16.1 Å². The Bertz CT molecular complexity index is 560. The average molecular weight is 339 g/mol. The van der Waals surface area contributed by atoms with Gasteiger partial charge in [-0.05, 0) is 18.6 Å². The minimum Gasteiger partial charge on any atom is -0.379 e. The van der Waals surface area contributed by atoms with E-state index in [1.165, 1.54) is 6.08 Å². The maximum absolute atomic E-state index is 12.2. The van der Waals surface area contributed by atoms with Crippen molar-refractivity contribution < 1.29 is 25.8 Å². The Kier molecular flexibility index (Phi) is 8.18. The Hall–Kier alpha value is -1.54. The van der Waals surface area contributed by atoms with E-state index >= 15 is 0 Å². The van der Waals surface area contributed by atoms with Crippen molar-refractivity contribution in [2.45, 2.75) is 32.3 Å². The van der Waals surface area contributed by atoms with Crippen molar-refractivity contribution in [3.8, 4) is 0 Å². The fourth-order valence-electron chi connectivity index (χ4n) is 1.53. The van der Waals surface area contributed by atoms with E-state index < -0.39 is 21.7 Å². The number of allylic oxidation sites excluding steroid dienone is 3.